The van der Waals surface area contributed by atoms with Gasteiger partial charge in [-0.2, -0.15) is 5.26 Å². The molecule has 1 aliphatic rings. The van der Waals surface area contributed by atoms with Crippen LogP contribution in [-0.2, 0) is 10.0 Å². The summed E-state index contributed by atoms with van der Waals surface area (Å²) < 4.78 is 27.1. The van der Waals surface area contributed by atoms with Gasteiger partial charge < -0.3 is 5.32 Å². The topological polar surface area (TPSA) is 99.1 Å². The van der Waals surface area contributed by atoms with Gasteiger partial charge >= 0.3 is 0 Å². The number of carbonyl (C=O) groups is 1. The van der Waals surface area contributed by atoms with Crippen molar-refractivity contribution in [3.05, 3.63) is 59.7 Å². The standard InChI is InChI=1S/C17H15N3O3S/c18-11-12-2-1-3-16(10-12)24(22,23)20-15-6-4-13(5-7-15)17(21)19-14-8-9-14/h1-7,10,14,20H,8-9H2,(H,19,21). The van der Waals surface area contributed by atoms with Crippen LogP contribution in [0.4, 0.5) is 5.69 Å². The Labute approximate surface area is 140 Å². The van der Waals surface area contributed by atoms with Gasteiger partial charge in [0.15, 0.2) is 0 Å². The van der Waals surface area contributed by atoms with Crippen LogP contribution < -0.4 is 10.0 Å². The minimum absolute atomic E-state index is 0.0112. The Bertz CT molecular complexity index is 911. The Hall–Kier alpha value is -2.85. The molecule has 0 unspecified atom stereocenters. The van der Waals surface area contributed by atoms with Crippen molar-refractivity contribution in [2.45, 2.75) is 23.8 Å². The molecule has 0 heterocycles. The molecule has 0 bridgehead atoms. The van der Waals surface area contributed by atoms with Gasteiger partial charge in [0.1, 0.15) is 0 Å². The number of rotatable bonds is 5. The van der Waals surface area contributed by atoms with E-state index in [1.54, 1.807) is 12.1 Å². The average molecular weight is 341 g/mol. The maximum Gasteiger partial charge on any atom is 0.261 e. The predicted molar refractivity (Wildman–Crippen MR) is 88.9 cm³/mol. The molecule has 0 atom stereocenters. The van der Waals surface area contributed by atoms with Crippen molar-refractivity contribution in [3.8, 4) is 6.07 Å². The first-order valence-electron chi connectivity index (χ1n) is 7.42. The Morgan fingerprint density at radius 2 is 1.83 bits per heavy atom. The molecular weight excluding hydrogens is 326 g/mol. The normalized spacial score (nSPS) is 13.8. The van der Waals surface area contributed by atoms with Crippen LogP contribution in [0.3, 0.4) is 0 Å². The van der Waals surface area contributed by atoms with Crippen LogP contribution in [0.2, 0.25) is 0 Å². The third kappa shape index (κ3) is 3.73. The molecule has 0 aliphatic heterocycles. The summed E-state index contributed by atoms with van der Waals surface area (Å²) in [6, 6.07) is 14.2. The summed E-state index contributed by atoms with van der Waals surface area (Å²) in [7, 11) is -3.79. The minimum Gasteiger partial charge on any atom is -0.349 e. The minimum atomic E-state index is -3.79. The first-order valence-corrected chi connectivity index (χ1v) is 8.90. The molecule has 24 heavy (non-hydrogen) atoms. The van der Waals surface area contributed by atoms with Gasteiger partial charge in [0.2, 0.25) is 0 Å². The highest BCUT2D eigenvalue weighted by atomic mass is 32.2. The quantitative estimate of drug-likeness (QED) is 0.871. The zero-order valence-corrected chi connectivity index (χ0v) is 13.5. The van der Waals surface area contributed by atoms with Gasteiger partial charge in [-0.3, -0.25) is 9.52 Å². The highest BCUT2D eigenvalue weighted by molar-refractivity contribution is 7.92. The fraction of sp³-hybridized carbons (Fsp3) is 0.176. The molecule has 2 N–H and O–H groups in total. The largest absolute Gasteiger partial charge is 0.349 e. The monoisotopic (exact) mass is 341 g/mol. The number of benzene rings is 2. The van der Waals surface area contributed by atoms with Crippen molar-refractivity contribution in [2.75, 3.05) is 4.72 Å². The second kappa shape index (κ2) is 6.34. The molecule has 1 fully saturated rings. The van der Waals surface area contributed by atoms with Crippen LogP contribution in [0.5, 0.6) is 0 Å². The summed E-state index contributed by atoms with van der Waals surface area (Å²) in [5, 5.41) is 11.7. The van der Waals surface area contributed by atoms with E-state index in [1.165, 1.54) is 36.4 Å². The molecule has 2 aromatic rings. The van der Waals surface area contributed by atoms with Crippen LogP contribution in [0.1, 0.15) is 28.8 Å². The van der Waals surface area contributed by atoms with E-state index in [-0.39, 0.29) is 22.4 Å². The molecule has 122 valence electrons. The van der Waals surface area contributed by atoms with Gasteiger partial charge in [0.05, 0.1) is 16.5 Å². The van der Waals surface area contributed by atoms with E-state index >= 15 is 0 Å². The van der Waals surface area contributed by atoms with Crippen LogP contribution in [0, 0.1) is 11.3 Å². The van der Waals surface area contributed by atoms with Crippen molar-refractivity contribution >= 4 is 21.6 Å². The third-order valence-electron chi connectivity index (χ3n) is 3.59. The summed E-state index contributed by atoms with van der Waals surface area (Å²) in [5.74, 6) is -0.159. The number of nitrogens with one attached hydrogen (secondary N) is 2. The second-order valence-corrected chi connectivity index (χ2v) is 7.25. The SMILES string of the molecule is N#Cc1cccc(S(=O)(=O)Nc2ccc(C(=O)NC3CC3)cc2)c1. The van der Waals surface area contributed by atoms with Gasteiger partial charge in [-0.05, 0) is 55.3 Å². The molecular formula is C17H15N3O3S. The van der Waals surface area contributed by atoms with Crippen molar-refractivity contribution in [3.63, 3.8) is 0 Å². The number of hydrogen-bond donors (Lipinski definition) is 2. The number of anilines is 1. The third-order valence-corrected chi connectivity index (χ3v) is 4.96. The summed E-state index contributed by atoms with van der Waals surface area (Å²) >= 11 is 0. The first-order chi connectivity index (χ1) is 11.5. The van der Waals surface area contributed by atoms with Gasteiger partial charge in [-0.15, -0.1) is 0 Å². The van der Waals surface area contributed by atoms with Gasteiger partial charge in [0, 0.05) is 17.3 Å². The summed E-state index contributed by atoms with van der Waals surface area (Å²) in [6.45, 7) is 0. The molecule has 0 aromatic heterocycles. The zero-order valence-electron chi connectivity index (χ0n) is 12.7. The Morgan fingerprint density at radius 1 is 1.12 bits per heavy atom. The Morgan fingerprint density at radius 3 is 2.46 bits per heavy atom. The fourth-order valence-electron chi connectivity index (χ4n) is 2.13. The van der Waals surface area contributed by atoms with E-state index < -0.39 is 10.0 Å². The molecule has 2 aromatic carbocycles. The van der Waals surface area contributed by atoms with E-state index in [1.807, 2.05) is 6.07 Å². The number of carbonyl (C=O) groups excluding carboxylic acids is 1. The lowest BCUT2D eigenvalue weighted by Crippen LogP contribution is -2.25. The predicted octanol–water partition coefficient (Wildman–Crippen LogP) is 2.25. The van der Waals surface area contributed by atoms with Crippen molar-refractivity contribution in [1.82, 2.24) is 5.32 Å². The number of nitrogens with zero attached hydrogens (tertiary/aromatic N) is 1. The lowest BCUT2D eigenvalue weighted by molar-refractivity contribution is 0.0951. The van der Waals surface area contributed by atoms with Crippen molar-refractivity contribution in [1.29, 1.82) is 5.26 Å². The molecule has 1 aliphatic carbocycles. The van der Waals surface area contributed by atoms with Crippen LogP contribution in [0.15, 0.2) is 53.4 Å². The number of hydrogen-bond acceptors (Lipinski definition) is 4. The molecule has 3 rings (SSSR count). The lowest BCUT2D eigenvalue weighted by Gasteiger charge is -2.09. The zero-order chi connectivity index (χ0) is 17.2. The maximum atomic E-state index is 12.3. The van der Waals surface area contributed by atoms with Crippen molar-refractivity contribution < 1.29 is 13.2 Å². The molecule has 0 spiro atoms. The molecule has 6 nitrogen and oxygen atoms in total. The van der Waals surface area contributed by atoms with E-state index in [0.717, 1.165) is 12.8 Å². The highest BCUT2D eigenvalue weighted by Crippen LogP contribution is 2.20. The van der Waals surface area contributed by atoms with Crippen LogP contribution >= 0.6 is 0 Å². The van der Waals surface area contributed by atoms with E-state index in [0.29, 0.717) is 11.3 Å². The molecule has 0 radical (unpaired) electrons. The van der Waals surface area contributed by atoms with E-state index in [9.17, 15) is 13.2 Å². The molecule has 1 saturated carbocycles. The first kappa shape index (κ1) is 16.0. The van der Waals surface area contributed by atoms with Crippen LogP contribution in [0.25, 0.3) is 0 Å². The molecule has 0 saturated heterocycles. The second-order valence-electron chi connectivity index (χ2n) is 5.57. The molecule has 7 heteroatoms. The summed E-state index contributed by atoms with van der Waals surface area (Å²) in [5.41, 5.74) is 1.10. The van der Waals surface area contributed by atoms with Gasteiger partial charge in [0.25, 0.3) is 15.9 Å². The van der Waals surface area contributed by atoms with Crippen LogP contribution in [-0.4, -0.2) is 20.4 Å². The Balaban J connectivity index is 1.74. The number of nitriles is 1. The van der Waals surface area contributed by atoms with Gasteiger partial charge in [-0.1, -0.05) is 6.07 Å². The highest BCUT2D eigenvalue weighted by Gasteiger charge is 2.23. The van der Waals surface area contributed by atoms with Crippen molar-refractivity contribution in [2.24, 2.45) is 0 Å². The number of amides is 1. The van der Waals surface area contributed by atoms with E-state index in [4.69, 9.17) is 5.26 Å². The van der Waals surface area contributed by atoms with E-state index in [2.05, 4.69) is 10.0 Å². The Kier molecular flexibility index (Phi) is 4.23. The summed E-state index contributed by atoms with van der Waals surface area (Å²) in [4.78, 5) is 11.9. The summed E-state index contributed by atoms with van der Waals surface area (Å²) in [6.07, 6.45) is 2.01. The average Bonchev–Trinajstić information content (AvgIpc) is 3.39. The fourth-order valence-corrected chi connectivity index (χ4v) is 3.24. The maximum absolute atomic E-state index is 12.3. The molecule has 1 amide bonds. The van der Waals surface area contributed by atoms with Gasteiger partial charge in [-0.25, -0.2) is 8.42 Å². The smallest absolute Gasteiger partial charge is 0.261 e. The lowest BCUT2D eigenvalue weighted by atomic mass is 10.2. The number of sulfonamides is 1.